The van der Waals surface area contributed by atoms with Gasteiger partial charge in [0, 0.05) is 33.1 Å². The third kappa shape index (κ3) is 3.42. The van der Waals surface area contributed by atoms with E-state index in [2.05, 4.69) is 75.1 Å². The summed E-state index contributed by atoms with van der Waals surface area (Å²) in [5.74, 6) is 0.650. The predicted molar refractivity (Wildman–Crippen MR) is 137 cm³/mol. The van der Waals surface area contributed by atoms with E-state index in [9.17, 15) is 0 Å². The van der Waals surface area contributed by atoms with Crippen LogP contribution in [0.1, 0.15) is 61.5 Å². The molecule has 1 aliphatic carbocycles. The Balaban J connectivity index is 1.57. The molecule has 3 aromatic heterocycles. The monoisotopic (exact) mass is 434 g/mol. The number of benzene rings is 2. The van der Waals surface area contributed by atoms with Crippen molar-refractivity contribution in [2.45, 2.75) is 59.8 Å². The minimum atomic E-state index is 0.444. The molecule has 0 aliphatic heterocycles. The van der Waals surface area contributed by atoms with Crippen molar-refractivity contribution in [1.82, 2.24) is 9.97 Å². The van der Waals surface area contributed by atoms with E-state index in [1.807, 2.05) is 13.0 Å². The van der Waals surface area contributed by atoms with Crippen LogP contribution in [0.25, 0.3) is 44.1 Å². The summed E-state index contributed by atoms with van der Waals surface area (Å²) in [7, 11) is 0. The molecule has 0 spiro atoms. The van der Waals surface area contributed by atoms with Gasteiger partial charge in [-0.3, -0.25) is 4.98 Å². The van der Waals surface area contributed by atoms with E-state index in [-0.39, 0.29) is 0 Å². The summed E-state index contributed by atoms with van der Waals surface area (Å²) in [5.41, 5.74) is 8.69. The maximum atomic E-state index is 6.34. The van der Waals surface area contributed by atoms with Gasteiger partial charge in [0.2, 0.25) is 5.71 Å². The first-order chi connectivity index (χ1) is 15.8. The molecule has 1 unspecified atom stereocenters. The maximum Gasteiger partial charge on any atom is 0.227 e. The number of nitrogens with zero attached hydrogens (tertiary/aromatic N) is 2. The Morgan fingerprint density at radius 2 is 1.67 bits per heavy atom. The second-order valence-corrected chi connectivity index (χ2v) is 10.8. The van der Waals surface area contributed by atoms with E-state index in [4.69, 9.17) is 9.40 Å². The molecule has 0 N–H and O–H groups in total. The van der Waals surface area contributed by atoms with Crippen molar-refractivity contribution in [2.75, 3.05) is 0 Å². The Morgan fingerprint density at radius 3 is 2.45 bits per heavy atom. The molecular formula is C30H30N2O. The van der Waals surface area contributed by atoms with Gasteiger partial charge < -0.3 is 4.42 Å². The first-order valence-electron chi connectivity index (χ1n) is 12.0. The molecular weight excluding hydrogens is 404 g/mol. The first kappa shape index (κ1) is 20.4. The van der Waals surface area contributed by atoms with Crippen LogP contribution in [-0.4, -0.2) is 9.97 Å². The smallest absolute Gasteiger partial charge is 0.227 e. The zero-order valence-corrected chi connectivity index (χ0v) is 20.1. The van der Waals surface area contributed by atoms with Crippen LogP contribution in [0, 0.1) is 26.2 Å². The minimum absolute atomic E-state index is 0.444. The number of furan rings is 1. The van der Waals surface area contributed by atoms with Crippen LogP contribution < -0.4 is 0 Å². The highest BCUT2D eigenvalue weighted by Gasteiger charge is 2.31. The van der Waals surface area contributed by atoms with Gasteiger partial charge in [0.25, 0.3) is 0 Å². The number of fused-ring (bicyclic) bond motifs is 4. The fourth-order valence-electron chi connectivity index (χ4n) is 5.76. The van der Waals surface area contributed by atoms with E-state index in [0.717, 1.165) is 39.0 Å². The molecule has 0 saturated heterocycles. The Kier molecular flexibility index (Phi) is 4.42. The summed E-state index contributed by atoms with van der Waals surface area (Å²) in [6.07, 6.45) is 3.84. The molecule has 3 heteroatoms. The highest BCUT2D eigenvalue weighted by molar-refractivity contribution is 6.11. The van der Waals surface area contributed by atoms with Gasteiger partial charge in [-0.1, -0.05) is 32.0 Å². The summed E-state index contributed by atoms with van der Waals surface area (Å²) in [4.78, 5) is 9.66. The van der Waals surface area contributed by atoms with Crippen molar-refractivity contribution in [1.29, 1.82) is 0 Å². The Labute approximate surface area is 194 Å². The van der Waals surface area contributed by atoms with E-state index < -0.39 is 0 Å². The van der Waals surface area contributed by atoms with Crippen LogP contribution in [0.3, 0.4) is 0 Å². The lowest BCUT2D eigenvalue weighted by Crippen LogP contribution is -2.04. The third-order valence-electron chi connectivity index (χ3n) is 7.40. The highest BCUT2D eigenvalue weighted by Crippen LogP contribution is 2.47. The van der Waals surface area contributed by atoms with Crippen LogP contribution in [0.5, 0.6) is 0 Å². The van der Waals surface area contributed by atoms with Gasteiger partial charge in [-0.2, -0.15) is 0 Å². The molecule has 3 nitrogen and oxygen atoms in total. The normalized spacial score (nSPS) is 18.0. The fourth-order valence-corrected chi connectivity index (χ4v) is 5.76. The van der Waals surface area contributed by atoms with Crippen LogP contribution in [0.2, 0.25) is 0 Å². The largest absolute Gasteiger partial charge is 0.437 e. The second kappa shape index (κ2) is 7.15. The summed E-state index contributed by atoms with van der Waals surface area (Å²) in [5, 5.41) is 4.61. The molecule has 1 aliphatic rings. The lowest BCUT2D eigenvalue weighted by Gasteiger charge is -2.18. The zero-order chi connectivity index (χ0) is 22.9. The molecule has 0 bridgehead atoms. The van der Waals surface area contributed by atoms with Crippen molar-refractivity contribution < 1.29 is 4.42 Å². The third-order valence-corrected chi connectivity index (χ3v) is 7.40. The Bertz CT molecular complexity index is 1560. The maximum absolute atomic E-state index is 6.34. The van der Waals surface area contributed by atoms with E-state index >= 15 is 0 Å². The van der Waals surface area contributed by atoms with Gasteiger partial charge in [-0.15, -0.1) is 0 Å². The van der Waals surface area contributed by atoms with Gasteiger partial charge in [0.1, 0.15) is 5.58 Å². The van der Waals surface area contributed by atoms with Crippen molar-refractivity contribution in [3.63, 3.8) is 0 Å². The summed E-state index contributed by atoms with van der Waals surface area (Å²) >= 11 is 0. The quantitative estimate of drug-likeness (QED) is 0.280. The van der Waals surface area contributed by atoms with Gasteiger partial charge in [0.05, 0.1) is 5.69 Å². The van der Waals surface area contributed by atoms with E-state index in [0.29, 0.717) is 17.0 Å². The van der Waals surface area contributed by atoms with Crippen molar-refractivity contribution in [2.24, 2.45) is 5.41 Å². The number of aryl methyl sites for hydroxylation is 3. The van der Waals surface area contributed by atoms with Gasteiger partial charge in [0.15, 0.2) is 0 Å². The Hall–Kier alpha value is -3.20. The number of hydrogen-bond donors (Lipinski definition) is 0. The zero-order valence-electron chi connectivity index (χ0n) is 20.1. The topological polar surface area (TPSA) is 38.9 Å². The lowest BCUT2D eigenvalue weighted by molar-refractivity contribution is 0.376. The Morgan fingerprint density at radius 1 is 0.848 bits per heavy atom. The minimum Gasteiger partial charge on any atom is -0.437 e. The van der Waals surface area contributed by atoms with Gasteiger partial charge >= 0.3 is 0 Å². The number of pyridine rings is 2. The predicted octanol–water partition coefficient (Wildman–Crippen LogP) is 8.42. The summed E-state index contributed by atoms with van der Waals surface area (Å²) in [6, 6.07) is 17.8. The molecule has 1 saturated carbocycles. The molecule has 3 heterocycles. The van der Waals surface area contributed by atoms with Gasteiger partial charge in [-0.25, -0.2) is 4.98 Å². The molecule has 0 radical (unpaired) electrons. The highest BCUT2D eigenvalue weighted by atomic mass is 16.3. The average molecular weight is 435 g/mol. The van der Waals surface area contributed by atoms with E-state index in [1.165, 1.54) is 41.2 Å². The van der Waals surface area contributed by atoms with Crippen LogP contribution in [0.15, 0.2) is 52.9 Å². The second-order valence-electron chi connectivity index (χ2n) is 10.8. The van der Waals surface area contributed by atoms with Crippen molar-refractivity contribution >= 4 is 32.8 Å². The van der Waals surface area contributed by atoms with Crippen molar-refractivity contribution in [3.8, 4) is 11.3 Å². The molecule has 2 aromatic carbocycles. The molecule has 1 atom stereocenters. The first-order valence-corrected chi connectivity index (χ1v) is 12.0. The molecule has 166 valence electrons. The summed E-state index contributed by atoms with van der Waals surface area (Å²) in [6.45, 7) is 11.0. The van der Waals surface area contributed by atoms with E-state index in [1.54, 1.807) is 0 Å². The number of aromatic nitrogens is 2. The van der Waals surface area contributed by atoms with Crippen LogP contribution >= 0.6 is 0 Å². The SMILES string of the molecule is Cc1cc(-c2nc(C)cc3cc(C4CCC(C)(C)C4)ccc23)c2oc3nc(C)ccc3c2c1. The van der Waals surface area contributed by atoms with Gasteiger partial charge in [-0.05, 0) is 98.2 Å². The number of rotatable bonds is 2. The van der Waals surface area contributed by atoms with Crippen molar-refractivity contribution in [3.05, 3.63) is 71.0 Å². The standard InChI is InChI=1S/C30H30N2O/c1-17-12-25-24-8-6-18(2)32-29(24)33-28(25)26(13-17)27-23-9-7-20(15-22(23)14-19(3)31-27)21-10-11-30(4,5)16-21/h6-9,12-15,21H,10-11,16H2,1-5H3. The molecule has 6 rings (SSSR count). The van der Waals surface area contributed by atoms with Crippen LogP contribution in [0.4, 0.5) is 0 Å². The van der Waals surface area contributed by atoms with Crippen LogP contribution in [-0.2, 0) is 0 Å². The fraction of sp³-hybridized carbons (Fsp3) is 0.333. The molecule has 33 heavy (non-hydrogen) atoms. The molecule has 1 fully saturated rings. The molecule has 0 amide bonds. The average Bonchev–Trinajstić information content (AvgIpc) is 3.31. The number of hydrogen-bond acceptors (Lipinski definition) is 3. The molecule has 5 aromatic rings. The summed E-state index contributed by atoms with van der Waals surface area (Å²) < 4.78 is 6.34. The lowest BCUT2D eigenvalue weighted by atomic mass is 9.88.